The van der Waals surface area contributed by atoms with Gasteiger partial charge < -0.3 is 0 Å². The second-order valence-corrected chi connectivity index (χ2v) is 13.2. The Kier molecular flexibility index (Phi) is 6.05. The minimum atomic E-state index is 0.940. The van der Waals surface area contributed by atoms with E-state index < -0.39 is 0 Å². The van der Waals surface area contributed by atoms with Crippen LogP contribution in [-0.2, 0) is 0 Å². The Hall–Kier alpha value is -6.10. The summed E-state index contributed by atoms with van der Waals surface area (Å²) in [5.74, 6) is 0. The number of thiophene rings is 1. The molecule has 10 rings (SSSR count). The molecule has 0 N–H and O–H groups in total. The van der Waals surface area contributed by atoms with Gasteiger partial charge in [0, 0.05) is 55.3 Å². The number of aromatic nitrogens is 3. The highest BCUT2D eigenvalue weighted by Crippen LogP contribution is 2.47. The lowest BCUT2D eigenvalue weighted by Crippen LogP contribution is -1.91. The van der Waals surface area contributed by atoms with Crippen LogP contribution in [0.4, 0.5) is 0 Å². The van der Waals surface area contributed by atoms with Crippen molar-refractivity contribution in [2.45, 2.75) is 0 Å². The number of nitrogens with zero attached hydrogens (tertiary/aromatic N) is 3. The van der Waals surface area contributed by atoms with Crippen LogP contribution in [0, 0.1) is 0 Å². The summed E-state index contributed by atoms with van der Waals surface area (Å²) in [5.41, 5.74) is 11.3. The van der Waals surface area contributed by atoms with Crippen LogP contribution in [0.25, 0.3) is 92.3 Å². The van der Waals surface area contributed by atoms with Crippen molar-refractivity contribution in [2.24, 2.45) is 0 Å². The maximum Gasteiger partial charge on any atom is 0.109 e. The summed E-state index contributed by atoms with van der Waals surface area (Å²) < 4.78 is 3.82. The van der Waals surface area contributed by atoms with E-state index in [1.165, 1.54) is 58.6 Å². The van der Waals surface area contributed by atoms with Crippen LogP contribution >= 0.6 is 11.3 Å². The van der Waals surface area contributed by atoms with Gasteiger partial charge in [-0.1, -0.05) is 91.0 Å². The molecule has 0 spiro atoms. The standard InChI is InChI=1S/C44H27N3S/c1-2-12-28(13-3-1)41-34-14-4-6-18-39(34)47-43(41)36-27-29(20-21-33(36)42-35-15-5-7-19-40(35)48-44(42)47)30-24-31(37-16-8-10-22-45-37)26-32(25-30)38-17-9-11-23-46-38/h1-27H. The second-order valence-electron chi connectivity index (χ2n) is 12.2. The molecule has 5 aromatic heterocycles. The highest BCUT2D eigenvalue weighted by atomic mass is 32.1. The van der Waals surface area contributed by atoms with Crippen molar-refractivity contribution in [1.29, 1.82) is 0 Å². The summed E-state index contributed by atoms with van der Waals surface area (Å²) in [6.45, 7) is 0. The SMILES string of the molecule is c1ccc(-c2c3ccccc3n3c4sc5ccccc5c4c4ccc(-c5cc(-c6ccccn6)cc(-c6ccccn6)c5)cc4c23)cc1. The van der Waals surface area contributed by atoms with Crippen molar-refractivity contribution in [3.8, 4) is 44.8 Å². The fourth-order valence-electron chi connectivity index (χ4n) is 7.35. The molecule has 0 bridgehead atoms. The molecule has 0 radical (unpaired) electrons. The van der Waals surface area contributed by atoms with Crippen LogP contribution in [0.2, 0.25) is 0 Å². The number of fused-ring (bicyclic) bond motifs is 10. The van der Waals surface area contributed by atoms with Crippen LogP contribution in [0.5, 0.6) is 0 Å². The van der Waals surface area contributed by atoms with Gasteiger partial charge >= 0.3 is 0 Å². The third-order valence-electron chi connectivity index (χ3n) is 9.45. The molecule has 0 atom stereocenters. The molecule has 0 aliphatic heterocycles. The van der Waals surface area contributed by atoms with Crippen LogP contribution in [0.1, 0.15) is 0 Å². The van der Waals surface area contributed by atoms with Gasteiger partial charge in [0.2, 0.25) is 0 Å². The minimum Gasteiger partial charge on any atom is -0.299 e. The van der Waals surface area contributed by atoms with E-state index in [0.29, 0.717) is 0 Å². The second kappa shape index (κ2) is 10.7. The summed E-state index contributed by atoms with van der Waals surface area (Å²) in [6, 6.07) is 54.4. The van der Waals surface area contributed by atoms with Crippen molar-refractivity contribution in [3.05, 3.63) is 164 Å². The van der Waals surface area contributed by atoms with Crippen LogP contribution in [-0.4, -0.2) is 14.4 Å². The summed E-state index contributed by atoms with van der Waals surface area (Å²) in [5, 5.41) is 6.37. The average Bonchev–Trinajstić information content (AvgIpc) is 3.72. The summed E-state index contributed by atoms with van der Waals surface area (Å²) in [6.07, 6.45) is 3.71. The molecular formula is C44H27N3S. The Balaban J connectivity index is 1.35. The van der Waals surface area contributed by atoms with Crippen molar-refractivity contribution < 1.29 is 0 Å². The lowest BCUT2D eigenvalue weighted by atomic mass is 9.93. The summed E-state index contributed by atoms with van der Waals surface area (Å²) in [7, 11) is 0. The van der Waals surface area contributed by atoms with Gasteiger partial charge in [-0.2, -0.15) is 0 Å². The molecule has 0 saturated heterocycles. The lowest BCUT2D eigenvalue weighted by Gasteiger charge is -2.13. The van der Waals surface area contributed by atoms with Gasteiger partial charge in [-0.3, -0.25) is 14.4 Å². The van der Waals surface area contributed by atoms with Crippen molar-refractivity contribution in [1.82, 2.24) is 14.4 Å². The fraction of sp³-hybridized carbons (Fsp3) is 0. The first-order chi connectivity index (χ1) is 23.8. The molecule has 0 amide bonds. The number of pyridine rings is 3. The van der Waals surface area contributed by atoms with E-state index in [-0.39, 0.29) is 0 Å². The fourth-order valence-corrected chi connectivity index (χ4v) is 8.59. The quantitative estimate of drug-likeness (QED) is 0.194. The third kappa shape index (κ3) is 4.13. The predicted molar refractivity (Wildman–Crippen MR) is 203 cm³/mol. The van der Waals surface area contributed by atoms with Crippen LogP contribution in [0.15, 0.2) is 164 Å². The van der Waals surface area contributed by atoms with Crippen LogP contribution in [0.3, 0.4) is 0 Å². The van der Waals surface area contributed by atoms with E-state index in [2.05, 4.69) is 132 Å². The van der Waals surface area contributed by atoms with E-state index in [4.69, 9.17) is 9.97 Å². The van der Waals surface area contributed by atoms with E-state index in [1.54, 1.807) is 0 Å². The van der Waals surface area contributed by atoms with Gasteiger partial charge in [-0.25, -0.2) is 0 Å². The molecule has 0 unspecified atom stereocenters. The molecule has 0 fully saturated rings. The molecule has 5 heterocycles. The van der Waals surface area contributed by atoms with Crippen molar-refractivity contribution in [2.75, 3.05) is 0 Å². The topological polar surface area (TPSA) is 30.2 Å². The maximum atomic E-state index is 4.71. The molecule has 48 heavy (non-hydrogen) atoms. The molecular weight excluding hydrogens is 603 g/mol. The van der Waals surface area contributed by atoms with E-state index in [9.17, 15) is 0 Å². The zero-order chi connectivity index (χ0) is 31.6. The van der Waals surface area contributed by atoms with E-state index >= 15 is 0 Å². The molecule has 224 valence electrons. The minimum absolute atomic E-state index is 0.940. The van der Waals surface area contributed by atoms with Gasteiger partial charge in [-0.15, -0.1) is 11.3 Å². The number of rotatable bonds is 4. The molecule has 10 aromatic rings. The number of para-hydroxylation sites is 1. The Morgan fingerprint density at radius 1 is 0.438 bits per heavy atom. The zero-order valence-electron chi connectivity index (χ0n) is 25.8. The summed E-state index contributed by atoms with van der Waals surface area (Å²) >= 11 is 1.88. The van der Waals surface area contributed by atoms with Gasteiger partial charge in [0.25, 0.3) is 0 Å². The molecule has 5 aromatic carbocycles. The first-order valence-electron chi connectivity index (χ1n) is 16.2. The monoisotopic (exact) mass is 629 g/mol. The van der Waals surface area contributed by atoms with E-state index in [1.807, 2.05) is 48.0 Å². The predicted octanol–water partition coefficient (Wildman–Crippen LogP) is 12.1. The Morgan fingerprint density at radius 2 is 1.08 bits per heavy atom. The van der Waals surface area contributed by atoms with Gasteiger partial charge in [0.15, 0.2) is 0 Å². The third-order valence-corrected chi connectivity index (χ3v) is 10.6. The molecule has 0 aliphatic rings. The Morgan fingerprint density at radius 3 is 1.81 bits per heavy atom. The first kappa shape index (κ1) is 27.1. The average molecular weight is 630 g/mol. The van der Waals surface area contributed by atoms with E-state index in [0.717, 1.165) is 33.6 Å². The summed E-state index contributed by atoms with van der Waals surface area (Å²) in [4.78, 5) is 10.7. The highest BCUT2D eigenvalue weighted by Gasteiger charge is 2.22. The molecule has 0 aliphatic carbocycles. The smallest absolute Gasteiger partial charge is 0.109 e. The number of benzene rings is 5. The van der Waals surface area contributed by atoms with Crippen LogP contribution < -0.4 is 0 Å². The first-order valence-corrected chi connectivity index (χ1v) is 17.0. The number of hydrogen-bond donors (Lipinski definition) is 0. The lowest BCUT2D eigenvalue weighted by molar-refractivity contribution is 1.31. The van der Waals surface area contributed by atoms with Gasteiger partial charge in [0.1, 0.15) is 4.83 Å². The zero-order valence-corrected chi connectivity index (χ0v) is 26.7. The normalized spacial score (nSPS) is 11.8. The maximum absolute atomic E-state index is 4.71. The molecule has 4 heteroatoms. The van der Waals surface area contributed by atoms with Gasteiger partial charge in [0.05, 0.1) is 22.4 Å². The van der Waals surface area contributed by atoms with Crippen molar-refractivity contribution >= 4 is 58.8 Å². The Labute approximate surface area is 281 Å². The molecule has 3 nitrogen and oxygen atoms in total. The molecule has 0 saturated carbocycles. The Bertz CT molecular complexity index is 2760. The van der Waals surface area contributed by atoms with Gasteiger partial charge in [-0.05, 0) is 82.7 Å². The number of hydrogen-bond acceptors (Lipinski definition) is 3. The largest absolute Gasteiger partial charge is 0.299 e. The van der Waals surface area contributed by atoms with Crippen molar-refractivity contribution in [3.63, 3.8) is 0 Å². The highest BCUT2D eigenvalue weighted by molar-refractivity contribution is 7.25.